The van der Waals surface area contributed by atoms with Crippen LogP contribution in [-0.4, -0.2) is 29.4 Å². The third-order valence-corrected chi connectivity index (χ3v) is 6.82. The molecular formula is C38H48N2O2. The lowest BCUT2D eigenvalue weighted by molar-refractivity contribution is 0.330. The number of rotatable bonds is 10. The summed E-state index contributed by atoms with van der Waals surface area (Å²) < 4.78 is 8.12. The van der Waals surface area contributed by atoms with E-state index in [9.17, 15) is 5.11 Å². The highest BCUT2D eigenvalue weighted by Gasteiger charge is 2.20. The number of hydrogen-bond acceptors (Lipinski definition) is 3. The maximum Gasteiger partial charge on any atom is 0.161 e. The number of fused-ring (bicyclic) bond motifs is 1. The van der Waals surface area contributed by atoms with E-state index in [-0.39, 0.29) is 11.7 Å². The fourth-order valence-corrected chi connectivity index (χ4v) is 4.65. The Bertz CT molecular complexity index is 1390. The summed E-state index contributed by atoms with van der Waals surface area (Å²) in [7, 11) is 0. The molecule has 2 N–H and O–H groups in total. The minimum atomic E-state index is 0.136. The summed E-state index contributed by atoms with van der Waals surface area (Å²) in [4.78, 5) is 0. The zero-order valence-electron chi connectivity index (χ0n) is 25.9. The highest BCUT2D eigenvalue weighted by Crippen LogP contribution is 2.34. The summed E-state index contributed by atoms with van der Waals surface area (Å²) in [5.41, 5.74) is 4.58. The lowest BCUT2D eigenvalue weighted by atomic mass is 9.90. The minimum Gasteiger partial charge on any atom is -0.504 e. The number of phenols is 1. The van der Waals surface area contributed by atoms with Gasteiger partial charge in [-0.15, -0.1) is 6.42 Å². The Balaban J connectivity index is 0.000000481. The van der Waals surface area contributed by atoms with Crippen molar-refractivity contribution in [1.29, 1.82) is 0 Å². The van der Waals surface area contributed by atoms with Crippen molar-refractivity contribution in [2.24, 2.45) is 5.92 Å². The van der Waals surface area contributed by atoms with Gasteiger partial charge in [0.15, 0.2) is 11.5 Å². The third kappa shape index (κ3) is 10.7. The van der Waals surface area contributed by atoms with E-state index in [1.807, 2.05) is 76.3 Å². The molecule has 4 rings (SSSR count). The molecule has 1 aromatic heterocycles. The van der Waals surface area contributed by atoms with E-state index >= 15 is 0 Å². The van der Waals surface area contributed by atoms with Crippen LogP contribution in [0.2, 0.25) is 0 Å². The molecule has 4 nitrogen and oxygen atoms in total. The predicted molar refractivity (Wildman–Crippen MR) is 181 cm³/mol. The molecule has 1 fully saturated rings. The van der Waals surface area contributed by atoms with Gasteiger partial charge in [0.1, 0.15) is 6.61 Å². The largest absolute Gasteiger partial charge is 0.504 e. The van der Waals surface area contributed by atoms with Gasteiger partial charge in [0, 0.05) is 29.6 Å². The van der Waals surface area contributed by atoms with Crippen LogP contribution in [0.3, 0.4) is 0 Å². The topological polar surface area (TPSA) is 46.4 Å². The standard InChI is InChI=1S/C27H30N2O2.C9H12.C2H6/c1-3-4-7-20(2)19-31-27-16-21(10-11-26(27)30)17-29-18-24(22-12-14-28-15-13-22)23-8-5-6-9-25(23)29;1-4-6-7-8-9(3)5-2;1-2/h3-11,16,18,22,28,30H,1-2,12-15,17,19H2;2,4,6-9H,1,3H3;1-2H3/b7-4-;6-4-,8-7-;. The number of nitrogens with zero attached hydrogens (tertiary/aromatic N) is 1. The zero-order chi connectivity index (χ0) is 30.7. The Hall–Kier alpha value is -4.20. The SMILES string of the molecule is C#CC(C)/C=C\C=C/C.C=C/C=C\C(=C)COc1cc(Cn2cc(C3CCNCC3)c3ccccc32)ccc1O.CC. The van der Waals surface area contributed by atoms with E-state index < -0.39 is 0 Å². The first-order chi connectivity index (χ1) is 20.5. The first-order valence-corrected chi connectivity index (χ1v) is 14.9. The second kappa shape index (κ2) is 19.0. The highest BCUT2D eigenvalue weighted by atomic mass is 16.5. The lowest BCUT2D eigenvalue weighted by Crippen LogP contribution is -2.26. The van der Waals surface area contributed by atoms with Gasteiger partial charge in [-0.3, -0.25) is 0 Å². The van der Waals surface area contributed by atoms with Crippen LogP contribution >= 0.6 is 0 Å². The monoisotopic (exact) mass is 564 g/mol. The Morgan fingerprint density at radius 1 is 1.17 bits per heavy atom. The van der Waals surface area contributed by atoms with Gasteiger partial charge in [-0.25, -0.2) is 0 Å². The number of para-hydroxylation sites is 1. The second-order valence-electron chi connectivity index (χ2n) is 9.96. The van der Waals surface area contributed by atoms with Crippen molar-refractivity contribution in [2.45, 2.75) is 53.0 Å². The Kier molecular flexibility index (Phi) is 15.4. The third-order valence-electron chi connectivity index (χ3n) is 6.82. The number of phenolic OH excluding ortho intramolecular Hbond substituents is 1. The van der Waals surface area contributed by atoms with E-state index in [0.29, 0.717) is 18.3 Å². The zero-order valence-corrected chi connectivity index (χ0v) is 25.9. The fraction of sp³-hybridized carbons (Fsp3) is 0.316. The summed E-state index contributed by atoms with van der Waals surface area (Å²) in [6.07, 6.45) is 23.0. The van der Waals surface area contributed by atoms with Gasteiger partial charge in [0.25, 0.3) is 0 Å². The van der Waals surface area contributed by atoms with Crippen LogP contribution < -0.4 is 10.1 Å². The first-order valence-electron chi connectivity index (χ1n) is 14.9. The van der Waals surface area contributed by atoms with Gasteiger partial charge in [-0.05, 0) is 80.6 Å². The Morgan fingerprint density at radius 3 is 2.60 bits per heavy atom. The number of terminal acetylenes is 1. The molecule has 1 atom stereocenters. The van der Waals surface area contributed by atoms with Crippen molar-refractivity contribution < 1.29 is 9.84 Å². The maximum absolute atomic E-state index is 10.2. The Morgan fingerprint density at radius 2 is 1.90 bits per heavy atom. The average Bonchev–Trinajstić information content (AvgIpc) is 3.40. The molecule has 3 aromatic rings. The second-order valence-corrected chi connectivity index (χ2v) is 9.96. The van der Waals surface area contributed by atoms with Crippen LogP contribution in [0.4, 0.5) is 0 Å². The van der Waals surface area contributed by atoms with E-state index in [0.717, 1.165) is 30.8 Å². The van der Waals surface area contributed by atoms with Gasteiger partial charge in [-0.1, -0.05) is 99.7 Å². The van der Waals surface area contributed by atoms with Crippen LogP contribution in [0.1, 0.15) is 57.6 Å². The van der Waals surface area contributed by atoms with Crippen molar-refractivity contribution in [3.8, 4) is 23.8 Å². The van der Waals surface area contributed by atoms with Gasteiger partial charge in [0.05, 0.1) is 0 Å². The summed E-state index contributed by atoms with van der Waals surface area (Å²) in [6, 6.07) is 14.2. The molecule has 42 heavy (non-hydrogen) atoms. The van der Waals surface area contributed by atoms with Crippen molar-refractivity contribution in [2.75, 3.05) is 19.7 Å². The first kappa shape index (κ1) is 34.0. The van der Waals surface area contributed by atoms with Gasteiger partial charge in [0.2, 0.25) is 0 Å². The fourth-order valence-electron chi connectivity index (χ4n) is 4.65. The molecule has 0 bridgehead atoms. The van der Waals surface area contributed by atoms with E-state index in [2.05, 4.69) is 59.4 Å². The number of aromatic hydroxyl groups is 1. The predicted octanol–water partition coefficient (Wildman–Crippen LogP) is 8.95. The molecule has 1 unspecified atom stereocenters. The normalized spacial score (nSPS) is 14.2. The molecule has 2 aromatic carbocycles. The molecule has 222 valence electrons. The van der Waals surface area contributed by atoms with Crippen LogP contribution in [0.5, 0.6) is 11.5 Å². The molecule has 0 aliphatic carbocycles. The molecular weight excluding hydrogens is 516 g/mol. The maximum atomic E-state index is 10.2. The summed E-state index contributed by atoms with van der Waals surface area (Å²) >= 11 is 0. The van der Waals surface area contributed by atoms with Crippen LogP contribution in [-0.2, 0) is 6.54 Å². The molecule has 0 saturated carbocycles. The van der Waals surface area contributed by atoms with Crippen molar-refractivity contribution in [3.05, 3.63) is 121 Å². The van der Waals surface area contributed by atoms with Crippen molar-refractivity contribution in [1.82, 2.24) is 9.88 Å². The summed E-state index contributed by atoms with van der Waals surface area (Å²) in [5.74, 6) is 4.06. The number of benzene rings is 2. The summed E-state index contributed by atoms with van der Waals surface area (Å²) in [6.45, 7) is 18.8. The molecule has 1 aliphatic rings. The number of aromatic nitrogens is 1. The molecule has 1 aliphatic heterocycles. The molecule has 0 amide bonds. The molecule has 0 spiro atoms. The van der Waals surface area contributed by atoms with E-state index in [4.69, 9.17) is 11.2 Å². The molecule has 4 heteroatoms. The lowest BCUT2D eigenvalue weighted by Gasteiger charge is -2.22. The van der Waals surface area contributed by atoms with Crippen molar-refractivity contribution in [3.63, 3.8) is 0 Å². The average molecular weight is 565 g/mol. The van der Waals surface area contributed by atoms with Crippen LogP contribution in [0.15, 0.2) is 110 Å². The number of ether oxygens (including phenoxy) is 1. The van der Waals surface area contributed by atoms with Crippen molar-refractivity contribution >= 4 is 10.9 Å². The minimum absolute atomic E-state index is 0.136. The van der Waals surface area contributed by atoms with Gasteiger partial charge >= 0.3 is 0 Å². The smallest absolute Gasteiger partial charge is 0.161 e. The molecule has 0 radical (unpaired) electrons. The number of nitrogens with one attached hydrogen (secondary N) is 1. The molecule has 1 saturated heterocycles. The van der Waals surface area contributed by atoms with Crippen LogP contribution in [0.25, 0.3) is 10.9 Å². The quantitative estimate of drug-likeness (QED) is 0.191. The molecule has 2 heterocycles. The van der Waals surface area contributed by atoms with Gasteiger partial charge in [-0.2, -0.15) is 0 Å². The number of piperidine rings is 1. The Labute approximate surface area is 253 Å². The van der Waals surface area contributed by atoms with Crippen LogP contribution in [0, 0.1) is 18.3 Å². The van der Waals surface area contributed by atoms with Gasteiger partial charge < -0.3 is 19.7 Å². The number of allylic oxidation sites excluding steroid dienone is 6. The highest BCUT2D eigenvalue weighted by molar-refractivity contribution is 5.84. The van der Waals surface area contributed by atoms with E-state index in [1.54, 1.807) is 12.1 Å². The van der Waals surface area contributed by atoms with E-state index in [1.165, 1.54) is 29.3 Å². The summed E-state index contributed by atoms with van der Waals surface area (Å²) in [5, 5.41) is 15.0. The number of hydrogen-bond donors (Lipinski definition) is 2.